The lowest BCUT2D eigenvalue weighted by atomic mass is 9.66. The first-order valence-electron chi connectivity index (χ1n) is 9.44. The smallest absolute Gasteiger partial charge is 0.254 e. The first-order chi connectivity index (χ1) is 12.6. The fourth-order valence-electron chi connectivity index (χ4n) is 4.80. The van der Waals surface area contributed by atoms with Crippen molar-refractivity contribution in [3.8, 4) is 0 Å². The van der Waals surface area contributed by atoms with E-state index in [2.05, 4.69) is 0 Å². The van der Waals surface area contributed by atoms with Crippen LogP contribution in [0, 0.1) is 5.92 Å². The molecule has 1 heterocycles. The summed E-state index contributed by atoms with van der Waals surface area (Å²) in [6.45, 7) is 0.567. The molecule has 0 aromatic heterocycles. The number of amides is 1. The maximum absolute atomic E-state index is 13.1. The monoisotopic (exact) mass is 369 g/mol. The molecule has 1 N–H and O–H groups in total. The van der Waals surface area contributed by atoms with E-state index in [4.69, 9.17) is 11.6 Å². The van der Waals surface area contributed by atoms with Crippen LogP contribution in [0.15, 0.2) is 54.6 Å². The van der Waals surface area contributed by atoms with Crippen molar-refractivity contribution in [3.63, 3.8) is 0 Å². The molecule has 4 rings (SSSR count). The molecule has 0 radical (unpaired) electrons. The number of rotatable bonds is 2. The van der Waals surface area contributed by atoms with Gasteiger partial charge in [-0.15, -0.1) is 0 Å². The zero-order valence-electron chi connectivity index (χ0n) is 14.8. The van der Waals surface area contributed by atoms with Gasteiger partial charge in [-0.1, -0.05) is 54.8 Å². The number of fused-ring (bicyclic) bond motifs is 1. The summed E-state index contributed by atoms with van der Waals surface area (Å²) in [5.41, 5.74) is 0.697. The summed E-state index contributed by atoms with van der Waals surface area (Å²) in [7, 11) is 0. The number of carbonyl (C=O) groups is 1. The molecule has 0 bridgehead atoms. The van der Waals surface area contributed by atoms with Gasteiger partial charge in [0, 0.05) is 29.1 Å². The molecule has 2 fully saturated rings. The fourth-order valence-corrected chi connectivity index (χ4v) is 4.99. The zero-order valence-corrected chi connectivity index (χ0v) is 15.5. The van der Waals surface area contributed by atoms with Gasteiger partial charge in [-0.2, -0.15) is 0 Å². The second-order valence-corrected chi connectivity index (χ2v) is 7.94. The summed E-state index contributed by atoms with van der Waals surface area (Å²) in [5.74, 6) is 0.131. The Kier molecular flexibility index (Phi) is 4.76. The van der Waals surface area contributed by atoms with Gasteiger partial charge in [0.05, 0.1) is 5.60 Å². The third-order valence-electron chi connectivity index (χ3n) is 6.08. The highest BCUT2D eigenvalue weighted by molar-refractivity contribution is 6.30. The molecule has 1 saturated heterocycles. The quantitative estimate of drug-likeness (QED) is 0.838. The Morgan fingerprint density at radius 3 is 2.62 bits per heavy atom. The molecule has 2 aromatic carbocycles. The molecule has 1 saturated carbocycles. The molecule has 3 nitrogen and oxygen atoms in total. The fraction of sp³-hybridized carbons (Fsp3) is 0.409. The molecule has 0 spiro atoms. The van der Waals surface area contributed by atoms with Crippen molar-refractivity contribution in [2.75, 3.05) is 6.54 Å². The molecule has 4 heteroatoms. The Bertz CT molecular complexity index is 794. The maximum atomic E-state index is 13.1. The number of nitrogens with zero attached hydrogens (tertiary/aromatic N) is 1. The van der Waals surface area contributed by atoms with Crippen molar-refractivity contribution in [3.05, 3.63) is 70.7 Å². The third kappa shape index (κ3) is 3.04. The second kappa shape index (κ2) is 7.05. The predicted octanol–water partition coefficient (Wildman–Crippen LogP) is 4.63. The number of halogens is 1. The number of likely N-dealkylation sites (tertiary alicyclic amines) is 1. The van der Waals surface area contributed by atoms with Crippen LogP contribution in [0.2, 0.25) is 5.02 Å². The lowest BCUT2D eigenvalue weighted by Gasteiger charge is -2.52. The van der Waals surface area contributed by atoms with Crippen molar-refractivity contribution in [2.24, 2.45) is 5.92 Å². The highest BCUT2D eigenvalue weighted by Gasteiger charge is 2.50. The Morgan fingerprint density at radius 1 is 1.08 bits per heavy atom. The number of hydrogen-bond donors (Lipinski definition) is 1. The number of piperidine rings is 1. The van der Waals surface area contributed by atoms with E-state index in [9.17, 15) is 9.90 Å². The van der Waals surface area contributed by atoms with Crippen LogP contribution in [-0.4, -0.2) is 28.5 Å². The molecule has 3 atom stereocenters. The Balaban J connectivity index is 1.67. The molecule has 1 amide bonds. The average Bonchev–Trinajstić information content (AvgIpc) is 2.69. The van der Waals surface area contributed by atoms with Gasteiger partial charge in [0.1, 0.15) is 0 Å². The van der Waals surface area contributed by atoms with Crippen LogP contribution in [0.1, 0.15) is 48.0 Å². The van der Waals surface area contributed by atoms with Gasteiger partial charge in [-0.25, -0.2) is 0 Å². The minimum absolute atomic E-state index is 0.0520. The zero-order chi connectivity index (χ0) is 18.1. The average molecular weight is 370 g/mol. The summed E-state index contributed by atoms with van der Waals surface area (Å²) in [6.07, 6.45) is 4.63. The molecular formula is C22H24ClNO2. The maximum Gasteiger partial charge on any atom is 0.254 e. The van der Waals surface area contributed by atoms with Gasteiger partial charge in [-0.05, 0) is 49.1 Å². The lowest BCUT2D eigenvalue weighted by Crippen LogP contribution is -2.59. The number of benzene rings is 2. The highest BCUT2D eigenvalue weighted by Crippen LogP contribution is 2.47. The third-order valence-corrected chi connectivity index (χ3v) is 6.32. The molecule has 1 aliphatic carbocycles. The van der Waals surface area contributed by atoms with Crippen molar-refractivity contribution in [2.45, 2.75) is 43.7 Å². The van der Waals surface area contributed by atoms with Gasteiger partial charge in [0.15, 0.2) is 0 Å². The SMILES string of the molecule is O=C(c1ccccc1)N1CCC(O)(c2cccc(Cl)c2)[C@H]2CCCC[C@@H]21. The van der Waals surface area contributed by atoms with Crippen LogP contribution in [0.3, 0.4) is 0 Å². The Morgan fingerprint density at radius 2 is 1.85 bits per heavy atom. The molecule has 26 heavy (non-hydrogen) atoms. The molecule has 136 valence electrons. The van der Waals surface area contributed by atoms with Crippen LogP contribution in [0.4, 0.5) is 0 Å². The largest absolute Gasteiger partial charge is 0.385 e. The predicted molar refractivity (Wildman–Crippen MR) is 103 cm³/mol. The molecular weight excluding hydrogens is 346 g/mol. The van der Waals surface area contributed by atoms with Crippen molar-refractivity contribution < 1.29 is 9.90 Å². The van der Waals surface area contributed by atoms with Crippen LogP contribution >= 0.6 is 11.6 Å². The summed E-state index contributed by atoms with van der Waals surface area (Å²) < 4.78 is 0. The summed E-state index contributed by atoms with van der Waals surface area (Å²) in [5, 5.41) is 12.3. The number of carbonyl (C=O) groups excluding carboxylic acids is 1. The van der Waals surface area contributed by atoms with Gasteiger partial charge in [-0.3, -0.25) is 4.79 Å². The van der Waals surface area contributed by atoms with E-state index in [0.717, 1.165) is 36.8 Å². The van der Waals surface area contributed by atoms with Crippen molar-refractivity contribution in [1.82, 2.24) is 4.90 Å². The van der Waals surface area contributed by atoms with E-state index < -0.39 is 5.60 Å². The van der Waals surface area contributed by atoms with Crippen LogP contribution in [-0.2, 0) is 5.60 Å². The van der Waals surface area contributed by atoms with Gasteiger partial charge in [0.25, 0.3) is 5.91 Å². The summed E-state index contributed by atoms with van der Waals surface area (Å²) in [4.78, 5) is 15.1. The van der Waals surface area contributed by atoms with E-state index in [1.165, 1.54) is 0 Å². The van der Waals surface area contributed by atoms with Gasteiger partial charge in [0.2, 0.25) is 0 Å². The van der Waals surface area contributed by atoms with E-state index in [0.29, 0.717) is 18.0 Å². The highest BCUT2D eigenvalue weighted by atomic mass is 35.5. The minimum atomic E-state index is -0.913. The molecule has 2 aromatic rings. The number of hydrogen-bond acceptors (Lipinski definition) is 2. The first kappa shape index (κ1) is 17.6. The van der Waals surface area contributed by atoms with Crippen LogP contribution < -0.4 is 0 Å². The lowest BCUT2D eigenvalue weighted by molar-refractivity contribution is -0.110. The first-order valence-corrected chi connectivity index (χ1v) is 9.82. The summed E-state index contributed by atoms with van der Waals surface area (Å²) in [6, 6.07) is 17.1. The van der Waals surface area contributed by atoms with E-state index in [1.807, 2.05) is 59.5 Å². The summed E-state index contributed by atoms with van der Waals surface area (Å²) >= 11 is 6.18. The van der Waals surface area contributed by atoms with Crippen LogP contribution in [0.5, 0.6) is 0 Å². The van der Waals surface area contributed by atoms with E-state index in [1.54, 1.807) is 0 Å². The molecule has 1 unspecified atom stereocenters. The second-order valence-electron chi connectivity index (χ2n) is 7.51. The van der Waals surface area contributed by atoms with Crippen molar-refractivity contribution >= 4 is 17.5 Å². The van der Waals surface area contributed by atoms with E-state index >= 15 is 0 Å². The normalized spacial score (nSPS) is 28.5. The molecule has 1 aliphatic heterocycles. The topological polar surface area (TPSA) is 40.5 Å². The van der Waals surface area contributed by atoms with Gasteiger partial charge < -0.3 is 10.0 Å². The standard InChI is InChI=1S/C22H24ClNO2/c23-18-10-6-9-17(15-18)22(26)13-14-24(20-12-5-4-11-19(20)22)21(25)16-7-2-1-3-8-16/h1-3,6-10,15,19-20,26H,4-5,11-14H2/t19-,20-,22?/m0/s1. The molecule has 2 aliphatic rings. The van der Waals surface area contributed by atoms with E-state index in [-0.39, 0.29) is 17.9 Å². The van der Waals surface area contributed by atoms with Gasteiger partial charge >= 0.3 is 0 Å². The van der Waals surface area contributed by atoms with Crippen molar-refractivity contribution in [1.29, 1.82) is 0 Å². The Labute approximate surface area is 159 Å². The Hall–Kier alpha value is -1.84. The minimum Gasteiger partial charge on any atom is -0.385 e. The number of aliphatic hydroxyl groups is 1. The van der Waals surface area contributed by atoms with Crippen LogP contribution in [0.25, 0.3) is 0 Å².